The van der Waals surface area contributed by atoms with E-state index in [-0.39, 0.29) is 12.4 Å². The van der Waals surface area contributed by atoms with Crippen molar-refractivity contribution in [3.8, 4) is 0 Å². The van der Waals surface area contributed by atoms with Gasteiger partial charge in [-0.25, -0.2) is 0 Å². The summed E-state index contributed by atoms with van der Waals surface area (Å²) in [4.78, 5) is 11.0. The largest absolute Gasteiger partial charge is 0.469 e. The van der Waals surface area contributed by atoms with Gasteiger partial charge in [-0.05, 0) is 24.1 Å². The molecule has 0 aliphatic carbocycles. The summed E-state index contributed by atoms with van der Waals surface area (Å²) in [5.74, 6) is -0.245. The van der Waals surface area contributed by atoms with Crippen molar-refractivity contribution in [2.45, 2.75) is 41.0 Å². The van der Waals surface area contributed by atoms with Gasteiger partial charge in [-0.2, -0.15) is 0 Å². The number of methoxy groups -OCH3 is 1. The van der Waals surface area contributed by atoms with E-state index >= 15 is 0 Å². The fourth-order valence-electron chi connectivity index (χ4n) is 1.07. The number of esters is 1. The van der Waals surface area contributed by atoms with Crippen molar-refractivity contribution in [3.05, 3.63) is 34.3 Å². The van der Waals surface area contributed by atoms with E-state index in [1.54, 1.807) is 6.07 Å². The molecule has 0 radical (unpaired) electrons. The van der Waals surface area contributed by atoms with Gasteiger partial charge in [0.15, 0.2) is 0 Å². The van der Waals surface area contributed by atoms with Crippen LogP contribution in [0, 0.1) is 6.92 Å². The van der Waals surface area contributed by atoms with Crippen molar-refractivity contribution >= 4 is 17.6 Å². The van der Waals surface area contributed by atoms with Crippen molar-refractivity contribution < 1.29 is 9.53 Å². The minimum atomic E-state index is -0.245. The highest BCUT2D eigenvalue weighted by atomic mass is 35.5. The Kier molecular flexibility index (Phi) is 12.4. The Morgan fingerprint density at radius 2 is 1.76 bits per heavy atom. The van der Waals surface area contributed by atoms with E-state index in [9.17, 15) is 4.79 Å². The maximum absolute atomic E-state index is 11.0. The molecule has 17 heavy (non-hydrogen) atoms. The fraction of sp³-hybridized carbons (Fsp3) is 0.500. The number of carbonyl (C=O) groups excluding carboxylic acids is 1. The lowest BCUT2D eigenvalue weighted by molar-refractivity contribution is -0.139. The molecule has 0 aromatic heterocycles. The van der Waals surface area contributed by atoms with Crippen molar-refractivity contribution in [1.82, 2.24) is 0 Å². The van der Waals surface area contributed by atoms with E-state index < -0.39 is 0 Å². The van der Waals surface area contributed by atoms with E-state index in [2.05, 4.69) is 4.74 Å². The summed E-state index contributed by atoms with van der Waals surface area (Å²) < 4.78 is 4.57. The molecule has 0 fully saturated rings. The van der Waals surface area contributed by atoms with Gasteiger partial charge < -0.3 is 4.74 Å². The minimum Gasteiger partial charge on any atom is -0.469 e. The predicted octanol–water partition coefficient (Wildman–Crippen LogP) is 4.42. The molecule has 0 amide bonds. The molecule has 0 saturated heterocycles. The zero-order chi connectivity index (χ0) is 13.8. The van der Waals surface area contributed by atoms with Crippen LogP contribution in [0.4, 0.5) is 0 Å². The van der Waals surface area contributed by atoms with Crippen LogP contribution < -0.4 is 0 Å². The number of ether oxygens (including phenoxy) is 1. The van der Waals surface area contributed by atoms with Crippen molar-refractivity contribution in [2.75, 3.05) is 7.11 Å². The summed E-state index contributed by atoms with van der Waals surface area (Å²) in [7, 11) is 1.38. The highest BCUT2D eigenvalue weighted by molar-refractivity contribution is 6.31. The molecule has 0 atom stereocenters. The lowest BCUT2D eigenvalue weighted by atomic mass is 10.1. The zero-order valence-corrected chi connectivity index (χ0v) is 12.4. The second kappa shape index (κ2) is 11.5. The van der Waals surface area contributed by atoms with Crippen molar-refractivity contribution in [3.63, 3.8) is 0 Å². The van der Waals surface area contributed by atoms with Crippen molar-refractivity contribution in [1.29, 1.82) is 0 Å². The standard InChI is InChI=1S/C10H11ClO2.2C2H6/c1-7-8(6-10(12)13-2)4-3-5-9(7)11;2*1-2/h3-5H,6H2,1-2H3;2*1-2H3. The van der Waals surface area contributed by atoms with Gasteiger partial charge in [0.1, 0.15) is 0 Å². The van der Waals surface area contributed by atoms with E-state index in [0.717, 1.165) is 11.1 Å². The van der Waals surface area contributed by atoms with Gasteiger partial charge >= 0.3 is 5.97 Å². The fourth-order valence-corrected chi connectivity index (χ4v) is 1.27. The first-order valence-corrected chi connectivity index (χ1v) is 6.33. The molecule has 0 bridgehead atoms. The molecule has 0 spiro atoms. The molecule has 0 aliphatic heterocycles. The third-order valence-electron chi connectivity index (χ3n) is 1.94. The summed E-state index contributed by atoms with van der Waals surface area (Å²) in [5.41, 5.74) is 1.86. The molecular formula is C14H23ClO2. The second-order valence-corrected chi connectivity index (χ2v) is 3.18. The maximum atomic E-state index is 11.0. The van der Waals surface area contributed by atoms with Crippen LogP contribution in [0.15, 0.2) is 18.2 Å². The van der Waals surface area contributed by atoms with Gasteiger partial charge in [0.05, 0.1) is 13.5 Å². The minimum absolute atomic E-state index is 0.245. The Bertz CT molecular complexity index is 322. The lowest BCUT2D eigenvalue weighted by Gasteiger charge is -2.05. The molecule has 0 heterocycles. The molecule has 2 nitrogen and oxygen atoms in total. The predicted molar refractivity (Wildman–Crippen MR) is 74.6 cm³/mol. The Morgan fingerprint density at radius 1 is 1.24 bits per heavy atom. The monoisotopic (exact) mass is 258 g/mol. The Balaban J connectivity index is 0. The average Bonchev–Trinajstić information content (AvgIpc) is 2.39. The summed E-state index contributed by atoms with van der Waals surface area (Å²) in [6.45, 7) is 9.89. The topological polar surface area (TPSA) is 26.3 Å². The average molecular weight is 259 g/mol. The quantitative estimate of drug-likeness (QED) is 0.734. The summed E-state index contributed by atoms with van der Waals surface area (Å²) >= 11 is 5.89. The van der Waals surface area contributed by atoms with Gasteiger partial charge in [-0.3, -0.25) is 4.79 Å². The van der Waals surface area contributed by atoms with Crippen LogP contribution in [-0.2, 0) is 16.0 Å². The van der Waals surface area contributed by atoms with E-state index in [1.165, 1.54) is 7.11 Å². The number of carbonyl (C=O) groups is 1. The Hall–Kier alpha value is -1.02. The summed E-state index contributed by atoms with van der Waals surface area (Å²) in [5, 5.41) is 0.682. The first-order chi connectivity index (χ1) is 8.15. The van der Waals surface area contributed by atoms with Crippen LogP contribution >= 0.6 is 11.6 Å². The molecular weight excluding hydrogens is 236 g/mol. The van der Waals surface area contributed by atoms with E-state index in [1.807, 2.05) is 46.8 Å². The van der Waals surface area contributed by atoms with E-state index in [0.29, 0.717) is 5.02 Å². The molecule has 1 aromatic rings. The molecule has 1 aromatic carbocycles. The number of benzene rings is 1. The molecule has 0 N–H and O–H groups in total. The highest BCUT2D eigenvalue weighted by Crippen LogP contribution is 2.19. The number of hydrogen-bond donors (Lipinski definition) is 0. The van der Waals surface area contributed by atoms with Crippen LogP contribution in [0.3, 0.4) is 0 Å². The first-order valence-electron chi connectivity index (χ1n) is 5.96. The van der Waals surface area contributed by atoms with Gasteiger partial charge in [-0.1, -0.05) is 51.4 Å². The van der Waals surface area contributed by atoms with Gasteiger partial charge in [-0.15, -0.1) is 0 Å². The maximum Gasteiger partial charge on any atom is 0.309 e. The Morgan fingerprint density at radius 3 is 2.24 bits per heavy atom. The molecule has 0 saturated carbocycles. The van der Waals surface area contributed by atoms with Crippen LogP contribution in [0.25, 0.3) is 0 Å². The van der Waals surface area contributed by atoms with E-state index in [4.69, 9.17) is 11.6 Å². The number of halogens is 1. The second-order valence-electron chi connectivity index (χ2n) is 2.78. The number of rotatable bonds is 2. The lowest BCUT2D eigenvalue weighted by Crippen LogP contribution is -2.05. The van der Waals surface area contributed by atoms with Crippen LogP contribution in [-0.4, -0.2) is 13.1 Å². The van der Waals surface area contributed by atoms with Gasteiger partial charge in [0.25, 0.3) is 0 Å². The molecule has 1 rings (SSSR count). The molecule has 3 heteroatoms. The van der Waals surface area contributed by atoms with Crippen LogP contribution in [0.2, 0.25) is 5.02 Å². The van der Waals surface area contributed by atoms with Crippen LogP contribution in [0.5, 0.6) is 0 Å². The van der Waals surface area contributed by atoms with Gasteiger partial charge in [0.2, 0.25) is 0 Å². The molecule has 0 aliphatic rings. The molecule has 98 valence electrons. The third kappa shape index (κ3) is 7.01. The normalized spacial score (nSPS) is 8.18. The smallest absolute Gasteiger partial charge is 0.309 e. The van der Waals surface area contributed by atoms with Gasteiger partial charge in [0, 0.05) is 5.02 Å². The Labute approximate surface area is 110 Å². The molecule has 0 unspecified atom stereocenters. The first kappa shape index (κ1) is 18.3. The third-order valence-corrected chi connectivity index (χ3v) is 2.35. The summed E-state index contributed by atoms with van der Waals surface area (Å²) in [6.07, 6.45) is 0.281. The SMILES string of the molecule is CC.CC.COC(=O)Cc1cccc(Cl)c1C. The zero-order valence-electron chi connectivity index (χ0n) is 11.6. The van der Waals surface area contributed by atoms with Crippen LogP contribution in [0.1, 0.15) is 38.8 Å². The highest BCUT2D eigenvalue weighted by Gasteiger charge is 2.06. The number of hydrogen-bond acceptors (Lipinski definition) is 2. The summed E-state index contributed by atoms with van der Waals surface area (Å²) in [6, 6.07) is 5.50. The van der Waals surface area contributed by atoms with Crippen molar-refractivity contribution in [2.24, 2.45) is 0 Å².